The van der Waals surface area contributed by atoms with E-state index >= 15 is 0 Å². The van der Waals surface area contributed by atoms with Crippen LogP contribution in [0, 0.1) is 0 Å². The second kappa shape index (κ2) is 2.82. The van der Waals surface area contributed by atoms with Crippen LogP contribution in [0.25, 0.3) is 0 Å². The summed E-state index contributed by atoms with van der Waals surface area (Å²) in [4.78, 5) is 23.8. The molecule has 0 bridgehead atoms. The molecular weight excluding hydrogens is 208 g/mol. The van der Waals surface area contributed by atoms with Crippen molar-refractivity contribution in [3.63, 3.8) is 0 Å². The lowest BCUT2D eigenvalue weighted by molar-refractivity contribution is 0.0960. The van der Waals surface area contributed by atoms with Crippen molar-refractivity contribution < 1.29 is 19.1 Å². The van der Waals surface area contributed by atoms with E-state index in [4.69, 9.17) is 4.42 Å². The summed E-state index contributed by atoms with van der Waals surface area (Å²) < 4.78 is 4.99. The molecular formula is C12H6O4. The van der Waals surface area contributed by atoms with Gasteiger partial charge in [0.15, 0.2) is 11.5 Å². The van der Waals surface area contributed by atoms with E-state index in [1.165, 1.54) is 30.5 Å². The second-order valence-corrected chi connectivity index (χ2v) is 3.55. The van der Waals surface area contributed by atoms with E-state index in [0.717, 1.165) is 0 Å². The van der Waals surface area contributed by atoms with Crippen molar-refractivity contribution in [2.24, 2.45) is 0 Å². The summed E-state index contributed by atoms with van der Waals surface area (Å²) in [5.74, 6) is -0.584. The van der Waals surface area contributed by atoms with Crippen molar-refractivity contribution in [2.45, 2.75) is 0 Å². The van der Waals surface area contributed by atoms with Gasteiger partial charge in [-0.2, -0.15) is 0 Å². The summed E-state index contributed by atoms with van der Waals surface area (Å²) in [5, 5.41) is 9.30. The van der Waals surface area contributed by atoms with Crippen LogP contribution < -0.4 is 0 Å². The Labute approximate surface area is 90.1 Å². The largest absolute Gasteiger partial charge is 0.508 e. The van der Waals surface area contributed by atoms with Crippen molar-refractivity contribution in [3.8, 4) is 5.75 Å². The van der Waals surface area contributed by atoms with Gasteiger partial charge in [0.25, 0.3) is 0 Å². The SMILES string of the molecule is O=C1c2cc(O)ccc2C(=O)c2occc21. The first kappa shape index (κ1) is 8.91. The molecule has 1 N–H and O–H groups in total. The predicted octanol–water partition coefficient (Wildman–Crippen LogP) is 1.76. The molecule has 0 saturated carbocycles. The third-order valence-corrected chi connectivity index (χ3v) is 2.61. The Morgan fingerprint density at radius 1 is 0.938 bits per heavy atom. The molecule has 3 rings (SSSR count). The van der Waals surface area contributed by atoms with Crippen LogP contribution in [0.5, 0.6) is 5.75 Å². The Balaban J connectivity index is 2.34. The van der Waals surface area contributed by atoms with E-state index in [1.807, 2.05) is 0 Å². The summed E-state index contributed by atoms with van der Waals surface area (Å²) in [6.07, 6.45) is 1.31. The van der Waals surface area contributed by atoms with Crippen LogP contribution in [-0.4, -0.2) is 16.7 Å². The molecule has 1 heterocycles. The number of aromatic hydroxyl groups is 1. The quantitative estimate of drug-likeness (QED) is 0.619. The van der Waals surface area contributed by atoms with Gasteiger partial charge in [-0.3, -0.25) is 9.59 Å². The van der Waals surface area contributed by atoms with E-state index in [9.17, 15) is 14.7 Å². The van der Waals surface area contributed by atoms with E-state index in [2.05, 4.69) is 0 Å². The number of hydrogen-bond donors (Lipinski definition) is 1. The van der Waals surface area contributed by atoms with Crippen LogP contribution in [0.3, 0.4) is 0 Å². The molecule has 1 aromatic carbocycles. The smallest absolute Gasteiger partial charge is 0.229 e. The lowest BCUT2D eigenvalue weighted by atomic mass is 9.88. The molecule has 4 nitrogen and oxygen atoms in total. The van der Waals surface area contributed by atoms with Crippen molar-refractivity contribution in [1.82, 2.24) is 0 Å². The molecule has 0 spiro atoms. The number of furan rings is 1. The molecule has 16 heavy (non-hydrogen) atoms. The number of rotatable bonds is 0. The van der Waals surface area contributed by atoms with E-state index < -0.39 is 0 Å². The highest BCUT2D eigenvalue weighted by Crippen LogP contribution is 2.29. The summed E-state index contributed by atoms with van der Waals surface area (Å²) >= 11 is 0. The zero-order valence-electron chi connectivity index (χ0n) is 8.06. The van der Waals surface area contributed by atoms with Crippen LogP contribution in [0.15, 0.2) is 34.9 Å². The van der Waals surface area contributed by atoms with Gasteiger partial charge >= 0.3 is 0 Å². The molecule has 0 unspecified atom stereocenters. The minimum Gasteiger partial charge on any atom is -0.508 e. The first-order valence-corrected chi connectivity index (χ1v) is 4.68. The maximum absolute atomic E-state index is 11.9. The highest BCUT2D eigenvalue weighted by molar-refractivity contribution is 6.27. The third kappa shape index (κ3) is 0.982. The zero-order valence-corrected chi connectivity index (χ0v) is 8.06. The molecule has 1 aliphatic carbocycles. The van der Waals surface area contributed by atoms with Crippen LogP contribution in [-0.2, 0) is 0 Å². The number of hydrogen-bond acceptors (Lipinski definition) is 4. The van der Waals surface area contributed by atoms with Gasteiger partial charge in [0, 0.05) is 11.1 Å². The van der Waals surface area contributed by atoms with Gasteiger partial charge in [-0.05, 0) is 24.3 Å². The molecule has 0 saturated heterocycles. The molecule has 1 aromatic heterocycles. The highest BCUT2D eigenvalue weighted by atomic mass is 16.3. The number of carbonyl (C=O) groups excluding carboxylic acids is 2. The number of ketones is 2. The lowest BCUT2D eigenvalue weighted by Crippen LogP contribution is -2.18. The van der Waals surface area contributed by atoms with Crippen molar-refractivity contribution in [1.29, 1.82) is 0 Å². The molecule has 0 amide bonds. The number of phenolic OH excluding ortho intramolecular Hbond substituents is 1. The van der Waals surface area contributed by atoms with Crippen LogP contribution in [0.1, 0.15) is 32.0 Å². The Bertz CT molecular complexity index is 622. The zero-order chi connectivity index (χ0) is 11.3. The van der Waals surface area contributed by atoms with Crippen molar-refractivity contribution >= 4 is 11.6 Å². The summed E-state index contributed by atoms with van der Waals surface area (Å²) in [5.41, 5.74) is 0.743. The molecule has 0 fully saturated rings. The Morgan fingerprint density at radius 2 is 1.75 bits per heavy atom. The molecule has 0 radical (unpaired) electrons. The minimum atomic E-state index is -0.324. The number of benzene rings is 1. The van der Waals surface area contributed by atoms with Gasteiger partial charge in [-0.1, -0.05) is 0 Å². The lowest BCUT2D eigenvalue weighted by Gasteiger charge is -2.12. The summed E-state index contributed by atoms with van der Waals surface area (Å²) in [6, 6.07) is 5.56. The standard InChI is InChI=1S/C12H6O4/c13-6-1-2-7-9(5-6)10(14)8-3-4-16-12(8)11(7)15/h1-5,13H. The first-order chi connectivity index (χ1) is 7.68. The van der Waals surface area contributed by atoms with Crippen LogP contribution >= 0.6 is 0 Å². The third-order valence-electron chi connectivity index (χ3n) is 2.61. The maximum atomic E-state index is 11.9. The average molecular weight is 214 g/mol. The molecule has 0 atom stereocenters. The van der Waals surface area contributed by atoms with Crippen LogP contribution in [0.4, 0.5) is 0 Å². The van der Waals surface area contributed by atoms with Gasteiger partial charge in [0.1, 0.15) is 5.75 Å². The molecule has 1 aliphatic rings. The summed E-state index contributed by atoms with van der Waals surface area (Å²) in [6.45, 7) is 0. The first-order valence-electron chi connectivity index (χ1n) is 4.68. The van der Waals surface area contributed by atoms with Crippen molar-refractivity contribution in [2.75, 3.05) is 0 Å². The fourth-order valence-corrected chi connectivity index (χ4v) is 1.85. The minimum absolute atomic E-state index is 0.0353. The Morgan fingerprint density at radius 3 is 2.56 bits per heavy atom. The van der Waals surface area contributed by atoms with Gasteiger partial charge in [0.2, 0.25) is 5.78 Å². The second-order valence-electron chi connectivity index (χ2n) is 3.55. The van der Waals surface area contributed by atoms with Crippen molar-refractivity contribution in [3.05, 3.63) is 53.0 Å². The fraction of sp³-hybridized carbons (Fsp3) is 0. The molecule has 78 valence electrons. The van der Waals surface area contributed by atoms with Gasteiger partial charge < -0.3 is 9.52 Å². The van der Waals surface area contributed by atoms with E-state index in [1.54, 1.807) is 0 Å². The average Bonchev–Trinajstić information content (AvgIpc) is 2.75. The monoisotopic (exact) mass is 214 g/mol. The fourth-order valence-electron chi connectivity index (χ4n) is 1.85. The normalized spacial score (nSPS) is 13.5. The van der Waals surface area contributed by atoms with E-state index in [-0.39, 0.29) is 39.8 Å². The van der Waals surface area contributed by atoms with Gasteiger partial charge in [-0.15, -0.1) is 0 Å². The number of phenols is 1. The molecule has 4 heteroatoms. The summed E-state index contributed by atoms with van der Waals surface area (Å²) in [7, 11) is 0. The Hall–Kier alpha value is -2.36. The Kier molecular flexibility index (Phi) is 1.57. The van der Waals surface area contributed by atoms with Crippen LogP contribution in [0.2, 0.25) is 0 Å². The highest BCUT2D eigenvalue weighted by Gasteiger charge is 2.32. The molecule has 2 aromatic rings. The number of fused-ring (bicyclic) bond motifs is 2. The topological polar surface area (TPSA) is 67.5 Å². The van der Waals surface area contributed by atoms with Gasteiger partial charge in [0.05, 0.1) is 11.8 Å². The van der Waals surface area contributed by atoms with E-state index in [0.29, 0.717) is 0 Å². The molecule has 0 aliphatic heterocycles. The predicted molar refractivity (Wildman–Crippen MR) is 53.7 cm³/mol. The van der Waals surface area contributed by atoms with Gasteiger partial charge in [-0.25, -0.2) is 0 Å². The number of carbonyl (C=O) groups is 2. The maximum Gasteiger partial charge on any atom is 0.229 e.